The third kappa shape index (κ3) is 5.40. The average Bonchev–Trinajstić information content (AvgIpc) is 2.12. The van der Waals surface area contributed by atoms with E-state index in [0.29, 0.717) is 12.0 Å². The molecule has 0 aliphatic rings. The second kappa shape index (κ2) is 5.18. The number of benzene rings is 1. The van der Waals surface area contributed by atoms with E-state index in [0.717, 1.165) is 0 Å². The Morgan fingerprint density at radius 1 is 1.22 bits per heavy atom. The molecule has 1 aromatic rings. The summed E-state index contributed by atoms with van der Waals surface area (Å²) in [6.45, 7) is 5.85. The molecule has 0 fully saturated rings. The molecule has 0 amide bonds. The summed E-state index contributed by atoms with van der Waals surface area (Å²) < 4.78 is 40.0. The first-order valence-corrected chi connectivity index (χ1v) is 5.61. The van der Waals surface area contributed by atoms with Crippen molar-refractivity contribution in [3.05, 3.63) is 29.8 Å². The van der Waals surface area contributed by atoms with Crippen molar-refractivity contribution in [3.63, 3.8) is 0 Å². The van der Waals surface area contributed by atoms with E-state index in [1.54, 1.807) is 6.07 Å². The largest absolute Gasteiger partial charge is 0.573 e. The summed E-state index contributed by atoms with van der Waals surface area (Å²) in [4.78, 5) is 0. The Kier molecular flexibility index (Phi) is 4.27. The van der Waals surface area contributed by atoms with E-state index >= 15 is 0 Å². The Balaban J connectivity index is 2.82. The summed E-state index contributed by atoms with van der Waals surface area (Å²) in [5.74, 6) is -0.312. The molecule has 18 heavy (non-hydrogen) atoms. The molecule has 0 heterocycles. The summed E-state index contributed by atoms with van der Waals surface area (Å²) in [5.41, 5.74) is 0.312. The predicted octanol–water partition coefficient (Wildman–Crippen LogP) is 4.05. The topological polar surface area (TPSA) is 29.5 Å². The molecule has 1 unspecified atom stereocenters. The molecule has 1 aromatic carbocycles. The lowest BCUT2D eigenvalue weighted by Crippen LogP contribution is -2.17. The first-order chi connectivity index (χ1) is 8.07. The van der Waals surface area contributed by atoms with Crippen molar-refractivity contribution in [2.45, 2.75) is 39.7 Å². The Morgan fingerprint density at radius 2 is 1.83 bits per heavy atom. The third-order valence-corrected chi connectivity index (χ3v) is 2.28. The van der Waals surface area contributed by atoms with E-state index in [2.05, 4.69) is 4.74 Å². The SMILES string of the molecule is CC(C)(C)CC(O)c1cccc(OC(F)(F)F)c1. The van der Waals surface area contributed by atoms with Gasteiger partial charge < -0.3 is 9.84 Å². The molecule has 0 bridgehead atoms. The van der Waals surface area contributed by atoms with Gasteiger partial charge in [-0.1, -0.05) is 32.9 Å². The van der Waals surface area contributed by atoms with Crippen LogP contribution >= 0.6 is 0 Å². The van der Waals surface area contributed by atoms with Crippen molar-refractivity contribution in [3.8, 4) is 5.75 Å². The molecular formula is C13H17F3O2. The Morgan fingerprint density at radius 3 is 2.33 bits per heavy atom. The number of alkyl halides is 3. The van der Waals surface area contributed by atoms with Crippen LogP contribution in [0.15, 0.2) is 24.3 Å². The van der Waals surface area contributed by atoms with Crippen LogP contribution in [0.25, 0.3) is 0 Å². The second-order valence-corrected chi connectivity index (χ2v) is 5.40. The zero-order valence-electron chi connectivity index (χ0n) is 10.6. The minimum Gasteiger partial charge on any atom is -0.406 e. The molecule has 2 nitrogen and oxygen atoms in total. The van der Waals surface area contributed by atoms with Crippen molar-refractivity contribution in [1.82, 2.24) is 0 Å². The maximum Gasteiger partial charge on any atom is 0.573 e. The number of hydrogen-bond donors (Lipinski definition) is 1. The van der Waals surface area contributed by atoms with E-state index < -0.39 is 12.5 Å². The summed E-state index contributed by atoms with van der Waals surface area (Å²) in [6.07, 6.45) is -5.06. The van der Waals surface area contributed by atoms with Gasteiger partial charge in [0.25, 0.3) is 0 Å². The molecule has 1 N–H and O–H groups in total. The highest BCUT2D eigenvalue weighted by Gasteiger charge is 2.31. The maximum atomic E-state index is 12.1. The third-order valence-electron chi connectivity index (χ3n) is 2.28. The first kappa shape index (κ1) is 14.8. The Hall–Kier alpha value is -1.23. The molecule has 0 radical (unpaired) electrons. The van der Waals surface area contributed by atoms with Crippen LogP contribution in [-0.2, 0) is 0 Å². The van der Waals surface area contributed by atoms with E-state index in [1.807, 2.05) is 20.8 Å². The molecule has 0 spiro atoms. The maximum absolute atomic E-state index is 12.1. The standard InChI is InChI=1S/C13H17F3O2/c1-12(2,3)8-11(17)9-5-4-6-10(7-9)18-13(14,15)16/h4-7,11,17H,8H2,1-3H3. The van der Waals surface area contributed by atoms with E-state index in [4.69, 9.17) is 0 Å². The highest BCUT2D eigenvalue weighted by atomic mass is 19.4. The van der Waals surface area contributed by atoms with Crippen LogP contribution in [0.3, 0.4) is 0 Å². The number of aliphatic hydroxyl groups excluding tert-OH is 1. The predicted molar refractivity (Wildman–Crippen MR) is 62.2 cm³/mol. The number of halogens is 3. The highest BCUT2D eigenvalue weighted by molar-refractivity contribution is 5.30. The lowest BCUT2D eigenvalue weighted by atomic mass is 9.87. The van der Waals surface area contributed by atoms with Gasteiger partial charge in [0.1, 0.15) is 5.75 Å². The van der Waals surface area contributed by atoms with Crippen molar-refractivity contribution in [1.29, 1.82) is 0 Å². The fraction of sp³-hybridized carbons (Fsp3) is 0.538. The van der Waals surface area contributed by atoms with Crippen LogP contribution in [0.4, 0.5) is 13.2 Å². The molecule has 1 rings (SSSR count). The molecule has 1 atom stereocenters. The van der Waals surface area contributed by atoms with Crippen LogP contribution in [0.5, 0.6) is 5.75 Å². The van der Waals surface area contributed by atoms with Crippen molar-refractivity contribution < 1.29 is 23.0 Å². The van der Waals surface area contributed by atoms with E-state index in [9.17, 15) is 18.3 Å². The van der Waals surface area contributed by atoms with Crippen LogP contribution in [0, 0.1) is 5.41 Å². The van der Waals surface area contributed by atoms with Crippen LogP contribution in [-0.4, -0.2) is 11.5 Å². The molecule has 5 heteroatoms. The molecule has 0 aliphatic heterocycles. The van der Waals surface area contributed by atoms with Crippen LogP contribution in [0.1, 0.15) is 38.9 Å². The molecule has 102 valence electrons. The Labute approximate surface area is 104 Å². The fourth-order valence-electron chi connectivity index (χ4n) is 1.62. The van der Waals surface area contributed by atoms with Gasteiger partial charge >= 0.3 is 6.36 Å². The lowest BCUT2D eigenvalue weighted by molar-refractivity contribution is -0.274. The van der Waals surface area contributed by atoms with Gasteiger partial charge in [-0.05, 0) is 29.5 Å². The van der Waals surface area contributed by atoms with Gasteiger partial charge in [-0.15, -0.1) is 13.2 Å². The molecule has 0 aliphatic carbocycles. The molecule has 0 saturated carbocycles. The van der Waals surface area contributed by atoms with Crippen LogP contribution < -0.4 is 4.74 Å². The molecule has 0 aromatic heterocycles. The zero-order valence-corrected chi connectivity index (χ0v) is 10.6. The monoisotopic (exact) mass is 262 g/mol. The number of aliphatic hydroxyl groups is 1. The van der Waals surface area contributed by atoms with Gasteiger partial charge in [0, 0.05) is 0 Å². The van der Waals surface area contributed by atoms with Crippen LogP contribution in [0.2, 0.25) is 0 Å². The average molecular weight is 262 g/mol. The normalized spacial score (nSPS) is 14.4. The van der Waals surface area contributed by atoms with Gasteiger partial charge in [0.2, 0.25) is 0 Å². The molecule has 0 saturated heterocycles. The number of rotatable bonds is 3. The van der Waals surface area contributed by atoms with Gasteiger partial charge in [0.05, 0.1) is 6.10 Å². The second-order valence-electron chi connectivity index (χ2n) is 5.40. The minimum absolute atomic E-state index is 0.111. The van der Waals surface area contributed by atoms with Gasteiger partial charge in [-0.2, -0.15) is 0 Å². The fourth-order valence-corrected chi connectivity index (χ4v) is 1.62. The number of ether oxygens (including phenoxy) is 1. The van der Waals surface area contributed by atoms with Gasteiger partial charge in [0.15, 0.2) is 0 Å². The smallest absolute Gasteiger partial charge is 0.406 e. The van der Waals surface area contributed by atoms with Crippen molar-refractivity contribution in [2.24, 2.45) is 5.41 Å². The minimum atomic E-state index is -4.71. The number of hydrogen-bond acceptors (Lipinski definition) is 2. The summed E-state index contributed by atoms with van der Waals surface area (Å²) in [7, 11) is 0. The van der Waals surface area contributed by atoms with Gasteiger partial charge in [-0.3, -0.25) is 0 Å². The summed E-state index contributed by atoms with van der Waals surface area (Å²) in [5, 5.41) is 9.94. The first-order valence-electron chi connectivity index (χ1n) is 5.61. The summed E-state index contributed by atoms with van der Waals surface area (Å²) >= 11 is 0. The highest BCUT2D eigenvalue weighted by Crippen LogP contribution is 2.31. The van der Waals surface area contributed by atoms with Crippen molar-refractivity contribution in [2.75, 3.05) is 0 Å². The van der Waals surface area contributed by atoms with E-state index in [1.165, 1.54) is 18.2 Å². The van der Waals surface area contributed by atoms with E-state index in [-0.39, 0.29) is 11.2 Å². The van der Waals surface area contributed by atoms with Gasteiger partial charge in [-0.25, -0.2) is 0 Å². The quantitative estimate of drug-likeness (QED) is 0.890. The Bertz CT molecular complexity index is 394. The summed E-state index contributed by atoms with van der Waals surface area (Å²) in [6, 6.07) is 5.44. The molecular weight excluding hydrogens is 245 g/mol. The lowest BCUT2D eigenvalue weighted by Gasteiger charge is -2.22. The van der Waals surface area contributed by atoms with Crippen molar-refractivity contribution >= 4 is 0 Å². The zero-order chi connectivity index (χ0) is 14.0.